The molecular weight excluding hydrogens is 226 g/mol. The van der Waals surface area contributed by atoms with Crippen molar-refractivity contribution in [2.24, 2.45) is 0 Å². The molecule has 0 heterocycles. The van der Waals surface area contributed by atoms with E-state index in [4.69, 9.17) is 0 Å². The van der Waals surface area contributed by atoms with Crippen LogP contribution in [0.5, 0.6) is 5.75 Å². The molecule has 0 spiro atoms. The minimum Gasteiger partial charge on any atom is -0.507 e. The Morgan fingerprint density at radius 1 is 1.11 bits per heavy atom. The third kappa shape index (κ3) is 2.13. The monoisotopic (exact) mass is 249 g/mol. The molecule has 0 saturated carbocycles. The average Bonchev–Trinajstić information content (AvgIpc) is 2.37. The maximum atomic E-state index is 10.3. The smallest absolute Gasteiger partial charge is 0.124 e. The molecule has 1 unspecified atom stereocenters. The summed E-state index contributed by atoms with van der Waals surface area (Å²) in [4.78, 5) is 0. The molecule has 1 aromatic carbocycles. The summed E-state index contributed by atoms with van der Waals surface area (Å²) >= 11 is 0. The number of hydrogen-bond acceptors (Lipinski definition) is 3. The number of aliphatic hydroxyl groups is 1. The van der Waals surface area contributed by atoms with Crippen LogP contribution in [0.15, 0.2) is 0 Å². The summed E-state index contributed by atoms with van der Waals surface area (Å²) in [6.07, 6.45) is 3.89. The molecule has 0 aromatic heterocycles. The van der Waals surface area contributed by atoms with Crippen LogP contribution in [0.3, 0.4) is 0 Å². The van der Waals surface area contributed by atoms with E-state index < -0.39 is 6.10 Å². The lowest BCUT2D eigenvalue weighted by Crippen LogP contribution is -2.19. The second-order valence-corrected chi connectivity index (χ2v) is 5.25. The first-order valence-electron chi connectivity index (χ1n) is 6.74. The lowest BCUT2D eigenvalue weighted by Gasteiger charge is -2.26. The van der Waals surface area contributed by atoms with Gasteiger partial charge in [-0.3, -0.25) is 0 Å². The number of phenols is 1. The third-order valence-electron chi connectivity index (χ3n) is 4.12. The Hall–Kier alpha value is -1.06. The summed E-state index contributed by atoms with van der Waals surface area (Å²) in [7, 11) is 1.81. The molecule has 1 aromatic rings. The summed E-state index contributed by atoms with van der Waals surface area (Å²) in [5, 5.41) is 23.5. The van der Waals surface area contributed by atoms with Crippen molar-refractivity contribution in [1.29, 1.82) is 0 Å². The molecule has 3 N–H and O–H groups in total. The van der Waals surface area contributed by atoms with Crippen LogP contribution in [0.25, 0.3) is 0 Å². The summed E-state index contributed by atoms with van der Waals surface area (Å²) in [5.74, 6) is 0.288. The van der Waals surface area contributed by atoms with Crippen LogP contribution in [0.1, 0.15) is 46.8 Å². The first-order valence-corrected chi connectivity index (χ1v) is 6.74. The number of rotatable bonds is 3. The van der Waals surface area contributed by atoms with Gasteiger partial charge < -0.3 is 15.5 Å². The van der Waals surface area contributed by atoms with Gasteiger partial charge in [0.15, 0.2) is 0 Å². The number of nitrogens with one attached hydrogen (secondary N) is 1. The van der Waals surface area contributed by atoms with Gasteiger partial charge in [0.25, 0.3) is 0 Å². The molecule has 0 radical (unpaired) electrons. The van der Waals surface area contributed by atoms with Crippen molar-refractivity contribution in [1.82, 2.24) is 5.32 Å². The minimum atomic E-state index is -0.638. The molecule has 1 aliphatic carbocycles. The Morgan fingerprint density at radius 3 is 2.22 bits per heavy atom. The summed E-state index contributed by atoms with van der Waals surface area (Å²) in [6.45, 7) is 4.46. The number of aliphatic hydroxyl groups excluding tert-OH is 1. The van der Waals surface area contributed by atoms with Crippen molar-refractivity contribution in [3.63, 3.8) is 0 Å². The third-order valence-corrected chi connectivity index (χ3v) is 4.12. The maximum absolute atomic E-state index is 10.3. The van der Waals surface area contributed by atoms with Gasteiger partial charge in [0.1, 0.15) is 5.75 Å². The topological polar surface area (TPSA) is 52.5 Å². The van der Waals surface area contributed by atoms with Crippen molar-refractivity contribution >= 4 is 0 Å². The molecule has 0 aliphatic heterocycles. The largest absolute Gasteiger partial charge is 0.507 e. The molecule has 0 amide bonds. The predicted molar refractivity (Wildman–Crippen MR) is 73.1 cm³/mol. The minimum absolute atomic E-state index is 0.288. The predicted octanol–water partition coefficient (Wildman–Crippen LogP) is 2.14. The molecule has 2 rings (SSSR count). The highest BCUT2D eigenvalue weighted by Gasteiger charge is 2.24. The zero-order valence-electron chi connectivity index (χ0n) is 11.5. The molecule has 18 heavy (non-hydrogen) atoms. The van der Waals surface area contributed by atoms with Crippen molar-refractivity contribution in [3.8, 4) is 5.75 Å². The Labute approximate surface area is 109 Å². The fraction of sp³-hybridized carbons (Fsp3) is 0.600. The summed E-state index contributed by atoms with van der Waals surface area (Å²) in [5.41, 5.74) is 5.40. The van der Waals surface area contributed by atoms with E-state index in [2.05, 4.69) is 5.32 Å². The standard InChI is InChI=1S/C15H23NO2/c1-9-11-6-4-5-7-12(11)10(2)15(18)14(9)13(17)8-16-3/h13,16-18H,4-8H2,1-3H3. The number of aromatic hydroxyl groups is 1. The highest BCUT2D eigenvalue weighted by molar-refractivity contribution is 5.56. The quantitative estimate of drug-likeness (QED) is 0.769. The van der Waals surface area contributed by atoms with E-state index in [1.54, 1.807) is 7.05 Å². The summed E-state index contributed by atoms with van der Waals surface area (Å²) < 4.78 is 0. The Kier molecular flexibility index (Phi) is 3.93. The van der Waals surface area contributed by atoms with Gasteiger partial charge in [-0.2, -0.15) is 0 Å². The molecule has 0 saturated heterocycles. The Morgan fingerprint density at radius 2 is 1.67 bits per heavy atom. The van der Waals surface area contributed by atoms with E-state index in [1.165, 1.54) is 24.0 Å². The number of phenolic OH excluding ortho intramolecular Hbond substituents is 1. The molecule has 1 atom stereocenters. The average molecular weight is 249 g/mol. The first kappa shape index (κ1) is 13.4. The second-order valence-electron chi connectivity index (χ2n) is 5.25. The van der Waals surface area contributed by atoms with Gasteiger partial charge in [0.2, 0.25) is 0 Å². The molecule has 100 valence electrons. The van der Waals surface area contributed by atoms with Crippen molar-refractivity contribution in [3.05, 3.63) is 27.8 Å². The van der Waals surface area contributed by atoms with Crippen molar-refractivity contribution < 1.29 is 10.2 Å². The molecule has 0 bridgehead atoms. The van der Waals surface area contributed by atoms with Crippen LogP contribution in [0, 0.1) is 13.8 Å². The molecular formula is C15H23NO2. The normalized spacial score (nSPS) is 16.4. The van der Waals surface area contributed by atoms with Gasteiger partial charge in [0.05, 0.1) is 6.10 Å². The van der Waals surface area contributed by atoms with Crippen LogP contribution in [0.4, 0.5) is 0 Å². The van der Waals surface area contributed by atoms with Gasteiger partial charge in [-0.15, -0.1) is 0 Å². The van der Waals surface area contributed by atoms with E-state index in [1.807, 2.05) is 13.8 Å². The van der Waals surface area contributed by atoms with Crippen molar-refractivity contribution in [2.45, 2.75) is 45.6 Å². The van der Waals surface area contributed by atoms with Crippen LogP contribution in [-0.4, -0.2) is 23.8 Å². The first-order chi connectivity index (χ1) is 8.57. The number of likely N-dealkylation sites (N-methyl/N-ethyl adjacent to an activating group) is 1. The van der Waals surface area contributed by atoms with E-state index in [-0.39, 0.29) is 5.75 Å². The Bertz CT molecular complexity index is 455. The van der Waals surface area contributed by atoms with Crippen LogP contribution >= 0.6 is 0 Å². The summed E-state index contributed by atoms with van der Waals surface area (Å²) in [6, 6.07) is 0. The van der Waals surface area contributed by atoms with Gasteiger partial charge in [-0.1, -0.05) is 0 Å². The van der Waals surface area contributed by atoms with Crippen LogP contribution < -0.4 is 5.32 Å². The van der Waals surface area contributed by atoms with E-state index in [0.717, 1.165) is 24.0 Å². The molecule has 1 aliphatic rings. The zero-order chi connectivity index (χ0) is 13.3. The molecule has 3 nitrogen and oxygen atoms in total. The zero-order valence-corrected chi connectivity index (χ0v) is 11.5. The number of hydrogen-bond donors (Lipinski definition) is 3. The van der Waals surface area contributed by atoms with E-state index >= 15 is 0 Å². The number of fused-ring (bicyclic) bond motifs is 1. The highest BCUT2D eigenvalue weighted by atomic mass is 16.3. The number of benzene rings is 1. The maximum Gasteiger partial charge on any atom is 0.124 e. The lowest BCUT2D eigenvalue weighted by molar-refractivity contribution is 0.173. The SMILES string of the molecule is CNCC(O)c1c(C)c2c(c(C)c1O)CCCC2. The van der Waals surface area contributed by atoms with Gasteiger partial charge >= 0.3 is 0 Å². The fourth-order valence-corrected chi connectivity index (χ4v) is 3.12. The van der Waals surface area contributed by atoms with Gasteiger partial charge in [-0.25, -0.2) is 0 Å². The van der Waals surface area contributed by atoms with E-state index in [9.17, 15) is 10.2 Å². The molecule has 3 heteroatoms. The van der Waals surface area contributed by atoms with Crippen LogP contribution in [-0.2, 0) is 12.8 Å². The second kappa shape index (κ2) is 5.29. The van der Waals surface area contributed by atoms with Crippen LogP contribution in [0.2, 0.25) is 0 Å². The lowest BCUT2D eigenvalue weighted by atomic mass is 9.82. The highest BCUT2D eigenvalue weighted by Crippen LogP contribution is 2.39. The Balaban J connectivity index is 2.56. The van der Waals surface area contributed by atoms with Crippen molar-refractivity contribution in [2.75, 3.05) is 13.6 Å². The van der Waals surface area contributed by atoms with E-state index in [0.29, 0.717) is 12.1 Å². The van der Waals surface area contributed by atoms with Gasteiger partial charge in [0, 0.05) is 12.1 Å². The molecule has 0 fully saturated rings. The fourth-order valence-electron chi connectivity index (χ4n) is 3.12. The van der Waals surface area contributed by atoms with Gasteiger partial charge in [-0.05, 0) is 68.8 Å².